The van der Waals surface area contributed by atoms with Gasteiger partial charge in [-0.1, -0.05) is 30.7 Å². The molecule has 0 N–H and O–H groups in total. The van der Waals surface area contributed by atoms with Crippen molar-refractivity contribution in [2.24, 2.45) is 0 Å². The maximum absolute atomic E-state index is 13.7. The van der Waals surface area contributed by atoms with E-state index in [4.69, 9.17) is 4.98 Å². The Kier molecular flexibility index (Phi) is 4.61. The van der Waals surface area contributed by atoms with Crippen LogP contribution in [0.5, 0.6) is 0 Å². The number of hydrogen-bond acceptors (Lipinski definition) is 5. The number of para-hydroxylation sites is 2. The normalized spacial score (nSPS) is 18.4. The minimum absolute atomic E-state index is 0.230. The van der Waals surface area contributed by atoms with Gasteiger partial charge in [-0.2, -0.15) is 4.31 Å². The molecule has 3 heterocycles. The summed E-state index contributed by atoms with van der Waals surface area (Å²) in [4.78, 5) is 9.50. The van der Waals surface area contributed by atoms with E-state index in [1.54, 1.807) is 34.0 Å². The molecule has 1 atom stereocenters. The predicted octanol–water partition coefficient (Wildman–Crippen LogP) is 5.07. The summed E-state index contributed by atoms with van der Waals surface area (Å²) in [6.45, 7) is 2.46. The minimum atomic E-state index is -3.70. The maximum atomic E-state index is 13.7. The average molecular weight is 424 g/mol. The number of pyridine rings is 1. The van der Waals surface area contributed by atoms with Crippen LogP contribution in [0.4, 0.5) is 0 Å². The van der Waals surface area contributed by atoms with Gasteiger partial charge >= 0.3 is 0 Å². The lowest BCUT2D eigenvalue weighted by Gasteiger charge is -2.33. The molecule has 5 rings (SSSR count). The molecule has 0 amide bonds. The molecule has 1 fully saturated rings. The fraction of sp³-hybridized carbons (Fsp3) is 0.273. The molecule has 2 aromatic carbocycles. The van der Waals surface area contributed by atoms with Gasteiger partial charge in [-0.3, -0.25) is 4.98 Å². The smallest absolute Gasteiger partial charge is 0.245 e. The number of fused-ring (bicyclic) bond motifs is 2. The molecular weight excluding hydrogens is 402 g/mol. The summed E-state index contributed by atoms with van der Waals surface area (Å²) in [5.41, 5.74) is 2.47. The van der Waals surface area contributed by atoms with Crippen LogP contribution in [0.15, 0.2) is 59.6 Å². The Bertz CT molecular complexity index is 1280. The van der Waals surface area contributed by atoms with E-state index in [9.17, 15) is 8.42 Å². The molecule has 4 aromatic rings. The van der Waals surface area contributed by atoms with Crippen molar-refractivity contribution in [1.29, 1.82) is 0 Å². The molecule has 148 valence electrons. The second-order valence-electron chi connectivity index (χ2n) is 7.49. The van der Waals surface area contributed by atoms with E-state index in [0.717, 1.165) is 45.4 Å². The van der Waals surface area contributed by atoms with Gasteiger partial charge in [0.2, 0.25) is 10.0 Å². The molecule has 0 radical (unpaired) electrons. The van der Waals surface area contributed by atoms with Crippen molar-refractivity contribution in [3.8, 4) is 0 Å². The van der Waals surface area contributed by atoms with Crippen LogP contribution >= 0.6 is 11.3 Å². The molecule has 0 spiro atoms. The highest BCUT2D eigenvalue weighted by Gasteiger charge is 2.37. The summed E-state index contributed by atoms with van der Waals surface area (Å²) in [5.74, 6) is 0. The van der Waals surface area contributed by atoms with E-state index >= 15 is 0 Å². The zero-order valence-electron chi connectivity index (χ0n) is 16.1. The van der Waals surface area contributed by atoms with Gasteiger partial charge in [0.15, 0.2) is 0 Å². The van der Waals surface area contributed by atoms with E-state index in [0.29, 0.717) is 12.1 Å². The molecular formula is C22H21N3O2S2. The third-order valence-electron chi connectivity index (χ3n) is 5.45. The first-order valence-electron chi connectivity index (χ1n) is 9.77. The Morgan fingerprint density at radius 1 is 1.10 bits per heavy atom. The Morgan fingerprint density at radius 3 is 2.83 bits per heavy atom. The lowest BCUT2D eigenvalue weighted by atomic mass is 10.1. The molecule has 5 nitrogen and oxygen atoms in total. The van der Waals surface area contributed by atoms with Gasteiger partial charge in [0, 0.05) is 18.1 Å². The van der Waals surface area contributed by atoms with Crippen molar-refractivity contribution in [3.63, 3.8) is 0 Å². The number of hydrogen-bond donors (Lipinski definition) is 0. The van der Waals surface area contributed by atoms with Crippen LogP contribution in [-0.2, 0) is 10.0 Å². The van der Waals surface area contributed by atoms with E-state index in [2.05, 4.69) is 4.98 Å². The number of nitrogens with zero attached hydrogens (tertiary/aromatic N) is 3. The SMILES string of the molecule is Cc1cnc2c(S(=O)(=O)N3CCCC[C@@H]3c3nc4ccccc4s3)cccc2c1. The van der Waals surface area contributed by atoms with Crippen molar-refractivity contribution in [3.05, 3.63) is 65.3 Å². The van der Waals surface area contributed by atoms with Crippen molar-refractivity contribution in [2.45, 2.75) is 37.1 Å². The number of benzene rings is 2. The molecule has 0 bridgehead atoms. The Labute approximate surface area is 174 Å². The van der Waals surface area contributed by atoms with Crippen molar-refractivity contribution >= 4 is 42.5 Å². The number of sulfonamides is 1. The number of aromatic nitrogens is 2. The quantitative estimate of drug-likeness (QED) is 0.462. The topological polar surface area (TPSA) is 63.2 Å². The van der Waals surface area contributed by atoms with Crippen LogP contribution in [0.25, 0.3) is 21.1 Å². The van der Waals surface area contributed by atoms with E-state index in [1.165, 1.54) is 0 Å². The van der Waals surface area contributed by atoms with Crippen LogP contribution in [0.3, 0.4) is 0 Å². The van der Waals surface area contributed by atoms with Gasteiger partial charge in [0.05, 0.1) is 21.8 Å². The minimum Gasteiger partial charge on any atom is -0.255 e. The fourth-order valence-electron chi connectivity index (χ4n) is 4.05. The molecule has 1 aliphatic heterocycles. The lowest BCUT2D eigenvalue weighted by molar-refractivity contribution is 0.256. The zero-order chi connectivity index (χ0) is 20.0. The highest BCUT2D eigenvalue weighted by atomic mass is 32.2. The molecule has 0 aliphatic carbocycles. The van der Waals surface area contributed by atoms with Gasteiger partial charge < -0.3 is 0 Å². The number of rotatable bonds is 3. The molecule has 29 heavy (non-hydrogen) atoms. The molecule has 7 heteroatoms. The average Bonchev–Trinajstić information content (AvgIpc) is 3.17. The van der Waals surface area contributed by atoms with E-state index in [1.807, 2.05) is 43.3 Å². The monoisotopic (exact) mass is 423 g/mol. The highest BCUT2D eigenvalue weighted by molar-refractivity contribution is 7.89. The molecule has 1 aliphatic rings. The number of piperidine rings is 1. The predicted molar refractivity (Wildman–Crippen MR) is 117 cm³/mol. The van der Waals surface area contributed by atoms with Gasteiger partial charge in [0.25, 0.3) is 0 Å². The standard InChI is InChI=1S/C22H21N3O2S2/c1-15-13-16-7-6-11-20(21(16)23-14-15)29(26,27)25-12-5-4-9-18(25)22-24-17-8-2-3-10-19(17)28-22/h2-3,6-8,10-11,13-14,18H,4-5,9,12H2,1H3/t18-/m1/s1. The summed E-state index contributed by atoms with van der Waals surface area (Å²) < 4.78 is 30.2. The summed E-state index contributed by atoms with van der Waals surface area (Å²) in [7, 11) is -3.70. The third kappa shape index (κ3) is 3.23. The lowest BCUT2D eigenvalue weighted by Crippen LogP contribution is -2.38. The fourth-order valence-corrected chi connectivity index (χ4v) is 7.06. The Morgan fingerprint density at radius 2 is 1.97 bits per heavy atom. The third-order valence-corrected chi connectivity index (χ3v) is 8.52. The second kappa shape index (κ2) is 7.16. The van der Waals surface area contributed by atoms with Crippen LogP contribution in [-0.4, -0.2) is 29.2 Å². The van der Waals surface area contributed by atoms with Crippen molar-refractivity contribution in [2.75, 3.05) is 6.54 Å². The second-order valence-corrected chi connectivity index (χ2v) is 10.4. The first kappa shape index (κ1) is 18.7. The van der Waals surface area contributed by atoms with Crippen molar-refractivity contribution < 1.29 is 8.42 Å². The molecule has 1 saturated heterocycles. The summed E-state index contributed by atoms with van der Waals surface area (Å²) in [6.07, 6.45) is 4.37. The first-order chi connectivity index (χ1) is 14.0. The maximum Gasteiger partial charge on any atom is 0.245 e. The number of thiazole rings is 1. The summed E-state index contributed by atoms with van der Waals surface area (Å²) in [5, 5.41) is 1.72. The van der Waals surface area contributed by atoms with Gasteiger partial charge in [-0.05, 0) is 49.6 Å². The van der Waals surface area contributed by atoms with Gasteiger partial charge in [-0.15, -0.1) is 11.3 Å². The highest BCUT2D eigenvalue weighted by Crippen LogP contribution is 2.39. The van der Waals surface area contributed by atoms with Crippen LogP contribution in [0.2, 0.25) is 0 Å². The van der Waals surface area contributed by atoms with Gasteiger partial charge in [0.1, 0.15) is 9.90 Å². The molecule has 0 unspecified atom stereocenters. The Hall–Kier alpha value is -2.35. The van der Waals surface area contributed by atoms with Crippen LogP contribution < -0.4 is 0 Å². The number of aryl methyl sites for hydroxylation is 1. The van der Waals surface area contributed by atoms with E-state index in [-0.39, 0.29) is 10.9 Å². The molecule has 0 saturated carbocycles. The molecule has 2 aromatic heterocycles. The first-order valence-corrected chi connectivity index (χ1v) is 12.0. The zero-order valence-corrected chi connectivity index (χ0v) is 17.7. The largest absolute Gasteiger partial charge is 0.255 e. The summed E-state index contributed by atoms with van der Waals surface area (Å²) >= 11 is 1.59. The summed E-state index contributed by atoms with van der Waals surface area (Å²) in [6, 6.07) is 15.1. The van der Waals surface area contributed by atoms with Crippen LogP contribution in [0, 0.1) is 6.92 Å². The van der Waals surface area contributed by atoms with Crippen LogP contribution in [0.1, 0.15) is 35.9 Å². The van der Waals surface area contributed by atoms with Gasteiger partial charge in [-0.25, -0.2) is 13.4 Å². The van der Waals surface area contributed by atoms with Crippen molar-refractivity contribution in [1.82, 2.24) is 14.3 Å². The Balaban J connectivity index is 1.62. The van der Waals surface area contributed by atoms with E-state index < -0.39 is 10.0 Å².